The molecular formula is C18H23N3O2. The van der Waals surface area contributed by atoms with Crippen LogP contribution in [0.5, 0.6) is 5.75 Å². The summed E-state index contributed by atoms with van der Waals surface area (Å²) in [6.45, 7) is 0.541. The summed E-state index contributed by atoms with van der Waals surface area (Å²) in [4.78, 5) is 14.0. The van der Waals surface area contributed by atoms with E-state index in [1.54, 1.807) is 7.11 Å². The number of nitrogens with zero attached hydrogens (tertiary/aromatic N) is 1. The fourth-order valence-electron chi connectivity index (χ4n) is 2.26. The molecule has 0 bridgehead atoms. The Morgan fingerprint density at radius 2 is 1.91 bits per heavy atom. The average Bonchev–Trinajstić information content (AvgIpc) is 2.55. The Morgan fingerprint density at radius 1 is 1.13 bits per heavy atom. The van der Waals surface area contributed by atoms with Gasteiger partial charge >= 0.3 is 6.03 Å². The highest BCUT2D eigenvalue weighted by atomic mass is 16.5. The predicted octanol–water partition coefficient (Wildman–Crippen LogP) is 3.13. The Hall–Kier alpha value is -2.69. The predicted molar refractivity (Wildman–Crippen MR) is 94.5 cm³/mol. The smallest absolute Gasteiger partial charge is 0.319 e. The van der Waals surface area contributed by atoms with E-state index < -0.39 is 0 Å². The van der Waals surface area contributed by atoms with Gasteiger partial charge in [0.25, 0.3) is 0 Å². The van der Waals surface area contributed by atoms with Crippen LogP contribution in [0.3, 0.4) is 0 Å². The standard InChI is InChI=1S/C18H23N3O2/c1-21(2)16-9-6-8-15(13-16)20-18(22)19-12-11-14-7-4-5-10-17(14)23-3/h4-10,13H,11-12H2,1-3H3,(H2,19,20,22). The Balaban J connectivity index is 1.84. The Labute approximate surface area is 137 Å². The van der Waals surface area contributed by atoms with E-state index in [9.17, 15) is 4.79 Å². The maximum absolute atomic E-state index is 12.0. The van der Waals surface area contributed by atoms with E-state index in [1.807, 2.05) is 67.5 Å². The van der Waals surface area contributed by atoms with E-state index in [2.05, 4.69) is 10.6 Å². The zero-order chi connectivity index (χ0) is 16.7. The first kappa shape index (κ1) is 16.7. The molecule has 0 unspecified atom stereocenters. The number of anilines is 2. The molecule has 0 aliphatic carbocycles. The normalized spacial score (nSPS) is 10.0. The minimum Gasteiger partial charge on any atom is -0.496 e. The number of rotatable bonds is 6. The molecule has 0 saturated heterocycles. The quantitative estimate of drug-likeness (QED) is 0.861. The molecule has 0 radical (unpaired) electrons. The molecule has 5 heteroatoms. The van der Waals surface area contributed by atoms with Crippen molar-refractivity contribution in [3.8, 4) is 5.75 Å². The maximum Gasteiger partial charge on any atom is 0.319 e. The van der Waals surface area contributed by atoms with Crippen molar-refractivity contribution in [3.05, 3.63) is 54.1 Å². The third-order valence-electron chi connectivity index (χ3n) is 3.49. The van der Waals surface area contributed by atoms with Gasteiger partial charge in [-0.15, -0.1) is 0 Å². The van der Waals surface area contributed by atoms with E-state index in [0.717, 1.165) is 29.1 Å². The lowest BCUT2D eigenvalue weighted by molar-refractivity contribution is 0.252. The first-order valence-electron chi connectivity index (χ1n) is 7.54. The summed E-state index contributed by atoms with van der Waals surface area (Å²) in [6.07, 6.45) is 0.717. The van der Waals surface area contributed by atoms with Gasteiger partial charge in [0.2, 0.25) is 0 Å². The van der Waals surface area contributed by atoms with E-state index in [-0.39, 0.29) is 6.03 Å². The van der Waals surface area contributed by atoms with Crippen molar-refractivity contribution in [1.82, 2.24) is 5.32 Å². The molecule has 2 aromatic carbocycles. The second-order valence-corrected chi connectivity index (χ2v) is 5.39. The molecule has 2 rings (SSSR count). The van der Waals surface area contributed by atoms with Crippen LogP contribution < -0.4 is 20.3 Å². The SMILES string of the molecule is COc1ccccc1CCNC(=O)Nc1cccc(N(C)C)c1. The number of urea groups is 1. The van der Waals surface area contributed by atoms with Gasteiger partial charge in [-0.05, 0) is 36.2 Å². The van der Waals surface area contributed by atoms with Gasteiger partial charge < -0.3 is 20.3 Å². The van der Waals surface area contributed by atoms with E-state index in [1.165, 1.54) is 0 Å². The molecule has 0 heterocycles. The van der Waals surface area contributed by atoms with E-state index in [4.69, 9.17) is 4.74 Å². The topological polar surface area (TPSA) is 53.6 Å². The minimum absolute atomic E-state index is 0.212. The first-order valence-corrected chi connectivity index (χ1v) is 7.54. The fraction of sp³-hybridized carbons (Fsp3) is 0.278. The highest BCUT2D eigenvalue weighted by Gasteiger charge is 2.05. The maximum atomic E-state index is 12.0. The number of benzene rings is 2. The number of nitrogens with one attached hydrogen (secondary N) is 2. The Kier molecular flexibility index (Phi) is 5.86. The summed E-state index contributed by atoms with van der Waals surface area (Å²) in [6, 6.07) is 15.3. The second-order valence-electron chi connectivity index (χ2n) is 5.39. The van der Waals surface area contributed by atoms with Gasteiger partial charge in [0.1, 0.15) is 5.75 Å². The number of carbonyl (C=O) groups is 1. The highest BCUT2D eigenvalue weighted by Crippen LogP contribution is 2.18. The summed E-state index contributed by atoms with van der Waals surface area (Å²) in [5, 5.41) is 5.70. The number of amides is 2. The van der Waals surface area contributed by atoms with Crippen molar-refractivity contribution in [3.63, 3.8) is 0 Å². The molecule has 2 amide bonds. The van der Waals surface area contributed by atoms with Gasteiger partial charge in [0.05, 0.1) is 7.11 Å². The summed E-state index contributed by atoms with van der Waals surface area (Å²) < 4.78 is 5.30. The van der Waals surface area contributed by atoms with Gasteiger partial charge in [-0.3, -0.25) is 0 Å². The average molecular weight is 313 g/mol. The molecule has 0 aliphatic heterocycles. The van der Waals surface area contributed by atoms with Crippen LogP contribution in [0.4, 0.5) is 16.2 Å². The Morgan fingerprint density at radius 3 is 2.65 bits per heavy atom. The second kappa shape index (κ2) is 8.08. The molecule has 2 aromatic rings. The van der Waals surface area contributed by atoms with Crippen LogP contribution in [0.1, 0.15) is 5.56 Å². The molecule has 23 heavy (non-hydrogen) atoms. The lowest BCUT2D eigenvalue weighted by Crippen LogP contribution is -2.30. The van der Waals surface area contributed by atoms with Gasteiger partial charge in [-0.25, -0.2) is 4.79 Å². The zero-order valence-corrected chi connectivity index (χ0v) is 13.8. The lowest BCUT2D eigenvalue weighted by atomic mass is 10.1. The van der Waals surface area contributed by atoms with Crippen molar-refractivity contribution in [2.24, 2.45) is 0 Å². The van der Waals surface area contributed by atoms with Crippen LogP contribution in [0, 0.1) is 0 Å². The van der Waals surface area contributed by atoms with Crippen molar-refractivity contribution < 1.29 is 9.53 Å². The van der Waals surface area contributed by atoms with E-state index >= 15 is 0 Å². The van der Waals surface area contributed by atoms with Crippen LogP contribution in [0.25, 0.3) is 0 Å². The number of hydrogen-bond donors (Lipinski definition) is 2. The lowest BCUT2D eigenvalue weighted by Gasteiger charge is -2.14. The van der Waals surface area contributed by atoms with Crippen molar-refractivity contribution >= 4 is 17.4 Å². The van der Waals surface area contributed by atoms with Gasteiger partial charge in [-0.1, -0.05) is 24.3 Å². The van der Waals surface area contributed by atoms with Crippen LogP contribution in [0.2, 0.25) is 0 Å². The molecule has 0 aromatic heterocycles. The van der Waals surface area contributed by atoms with Gasteiger partial charge in [0.15, 0.2) is 0 Å². The molecule has 122 valence electrons. The summed E-state index contributed by atoms with van der Waals surface area (Å²) in [5.41, 5.74) is 2.88. The number of carbonyl (C=O) groups excluding carboxylic acids is 1. The monoisotopic (exact) mass is 313 g/mol. The van der Waals surface area contributed by atoms with Gasteiger partial charge in [0, 0.05) is 32.0 Å². The van der Waals surface area contributed by atoms with Gasteiger partial charge in [-0.2, -0.15) is 0 Å². The van der Waals surface area contributed by atoms with E-state index in [0.29, 0.717) is 6.54 Å². The zero-order valence-electron chi connectivity index (χ0n) is 13.8. The molecule has 0 aliphatic rings. The number of hydrogen-bond acceptors (Lipinski definition) is 3. The first-order chi connectivity index (χ1) is 11.1. The van der Waals surface area contributed by atoms with Crippen molar-refractivity contribution in [2.75, 3.05) is 38.0 Å². The third kappa shape index (κ3) is 4.92. The number of ether oxygens (including phenoxy) is 1. The highest BCUT2D eigenvalue weighted by molar-refractivity contribution is 5.89. The molecule has 0 fully saturated rings. The van der Waals surface area contributed by atoms with Crippen molar-refractivity contribution in [1.29, 1.82) is 0 Å². The molecule has 5 nitrogen and oxygen atoms in total. The van der Waals surface area contributed by atoms with Crippen LogP contribution in [0.15, 0.2) is 48.5 Å². The molecular weight excluding hydrogens is 290 g/mol. The summed E-state index contributed by atoms with van der Waals surface area (Å²) in [5.74, 6) is 0.841. The van der Waals surface area contributed by atoms with Crippen molar-refractivity contribution in [2.45, 2.75) is 6.42 Å². The van der Waals surface area contributed by atoms with Crippen LogP contribution >= 0.6 is 0 Å². The molecule has 0 spiro atoms. The van der Waals surface area contributed by atoms with Crippen LogP contribution in [-0.2, 0) is 6.42 Å². The minimum atomic E-state index is -0.212. The summed E-state index contributed by atoms with van der Waals surface area (Å²) in [7, 11) is 5.58. The largest absolute Gasteiger partial charge is 0.496 e. The molecule has 2 N–H and O–H groups in total. The fourth-order valence-corrected chi connectivity index (χ4v) is 2.26. The molecule has 0 saturated carbocycles. The molecule has 0 atom stereocenters. The third-order valence-corrected chi connectivity index (χ3v) is 3.49. The summed E-state index contributed by atoms with van der Waals surface area (Å²) >= 11 is 0. The number of para-hydroxylation sites is 1. The number of methoxy groups -OCH3 is 1. The van der Waals surface area contributed by atoms with Crippen LogP contribution in [-0.4, -0.2) is 33.8 Å². The Bertz CT molecular complexity index is 656.